The van der Waals surface area contributed by atoms with Gasteiger partial charge in [0.05, 0.1) is 11.4 Å². The van der Waals surface area contributed by atoms with E-state index in [0.29, 0.717) is 18.9 Å². The first-order valence-electron chi connectivity index (χ1n) is 6.98. The van der Waals surface area contributed by atoms with Crippen molar-refractivity contribution in [2.75, 3.05) is 11.9 Å². The van der Waals surface area contributed by atoms with Gasteiger partial charge in [-0.1, -0.05) is 20.8 Å². The lowest BCUT2D eigenvalue weighted by Gasteiger charge is -2.16. The Labute approximate surface area is 115 Å². The average molecular weight is 266 g/mol. The summed E-state index contributed by atoms with van der Waals surface area (Å²) in [5, 5.41) is 7.25. The fourth-order valence-corrected chi connectivity index (χ4v) is 2.29. The van der Waals surface area contributed by atoms with Gasteiger partial charge in [0.15, 0.2) is 0 Å². The Kier molecular flexibility index (Phi) is 6.02. The number of aromatic nitrogens is 2. The lowest BCUT2D eigenvalue weighted by molar-refractivity contribution is -0.117. The van der Waals surface area contributed by atoms with Crippen molar-refractivity contribution in [2.45, 2.75) is 40.0 Å². The van der Waals surface area contributed by atoms with Crippen LogP contribution in [0.25, 0.3) is 0 Å². The SMILES string of the molecule is CCc1nn(C)cc1NC(=O)C[C@@H](CN)CC(C)C. The van der Waals surface area contributed by atoms with E-state index in [1.165, 1.54) is 0 Å². The van der Waals surface area contributed by atoms with E-state index >= 15 is 0 Å². The molecular weight excluding hydrogens is 240 g/mol. The molecule has 1 heterocycles. The molecule has 1 rings (SSSR count). The molecule has 0 aliphatic rings. The molecule has 0 radical (unpaired) electrons. The lowest BCUT2D eigenvalue weighted by atomic mass is 9.94. The number of anilines is 1. The summed E-state index contributed by atoms with van der Waals surface area (Å²) in [5.74, 6) is 0.839. The van der Waals surface area contributed by atoms with Crippen molar-refractivity contribution in [3.8, 4) is 0 Å². The topological polar surface area (TPSA) is 72.9 Å². The zero-order valence-corrected chi connectivity index (χ0v) is 12.4. The molecule has 19 heavy (non-hydrogen) atoms. The Morgan fingerprint density at radius 1 is 1.53 bits per heavy atom. The van der Waals surface area contributed by atoms with E-state index in [-0.39, 0.29) is 11.8 Å². The van der Waals surface area contributed by atoms with E-state index in [2.05, 4.69) is 24.3 Å². The van der Waals surface area contributed by atoms with E-state index in [0.717, 1.165) is 24.2 Å². The summed E-state index contributed by atoms with van der Waals surface area (Å²) in [7, 11) is 1.86. The van der Waals surface area contributed by atoms with Gasteiger partial charge in [0.1, 0.15) is 0 Å². The number of nitrogens with two attached hydrogens (primary N) is 1. The molecule has 1 atom stereocenters. The smallest absolute Gasteiger partial charge is 0.224 e. The van der Waals surface area contributed by atoms with Crippen molar-refractivity contribution in [1.82, 2.24) is 9.78 Å². The van der Waals surface area contributed by atoms with Crippen LogP contribution in [0.4, 0.5) is 5.69 Å². The van der Waals surface area contributed by atoms with Gasteiger partial charge in [-0.05, 0) is 31.2 Å². The van der Waals surface area contributed by atoms with Crippen LogP contribution in [0.1, 0.15) is 39.3 Å². The molecule has 0 spiro atoms. The Bertz CT molecular complexity index is 412. The molecule has 0 aliphatic carbocycles. The van der Waals surface area contributed by atoms with Gasteiger partial charge >= 0.3 is 0 Å². The highest BCUT2D eigenvalue weighted by atomic mass is 16.1. The minimum Gasteiger partial charge on any atom is -0.330 e. The average Bonchev–Trinajstić information content (AvgIpc) is 2.67. The first kappa shape index (κ1) is 15.7. The maximum Gasteiger partial charge on any atom is 0.224 e. The van der Waals surface area contributed by atoms with Crippen LogP contribution in [0.15, 0.2) is 6.20 Å². The van der Waals surface area contributed by atoms with Crippen LogP contribution in [0, 0.1) is 11.8 Å². The second-order valence-corrected chi connectivity index (χ2v) is 5.50. The first-order valence-corrected chi connectivity index (χ1v) is 6.98. The number of nitrogens with one attached hydrogen (secondary N) is 1. The van der Waals surface area contributed by atoms with Gasteiger partial charge in [0.2, 0.25) is 5.91 Å². The van der Waals surface area contributed by atoms with Crippen LogP contribution >= 0.6 is 0 Å². The molecule has 1 amide bonds. The second-order valence-electron chi connectivity index (χ2n) is 5.50. The van der Waals surface area contributed by atoms with Crippen molar-refractivity contribution in [2.24, 2.45) is 24.6 Å². The van der Waals surface area contributed by atoms with Crippen molar-refractivity contribution >= 4 is 11.6 Å². The summed E-state index contributed by atoms with van der Waals surface area (Å²) >= 11 is 0. The molecule has 108 valence electrons. The number of hydrogen-bond acceptors (Lipinski definition) is 3. The zero-order valence-electron chi connectivity index (χ0n) is 12.4. The summed E-state index contributed by atoms with van der Waals surface area (Å²) < 4.78 is 1.73. The molecule has 0 aliphatic heterocycles. The summed E-state index contributed by atoms with van der Waals surface area (Å²) in [4.78, 5) is 12.0. The molecule has 0 aromatic carbocycles. The normalized spacial score (nSPS) is 12.7. The number of aryl methyl sites for hydroxylation is 2. The van der Waals surface area contributed by atoms with E-state index in [1.54, 1.807) is 4.68 Å². The third-order valence-corrected chi connectivity index (χ3v) is 3.13. The standard InChI is InChI=1S/C14H26N4O/c1-5-12-13(9-18(4)17-12)16-14(19)7-11(8-15)6-10(2)3/h9-11H,5-8,15H2,1-4H3,(H,16,19)/t11-/m0/s1. The monoisotopic (exact) mass is 266 g/mol. The number of hydrogen-bond donors (Lipinski definition) is 2. The minimum absolute atomic E-state index is 0.0267. The van der Waals surface area contributed by atoms with Crippen LogP contribution in [-0.4, -0.2) is 22.2 Å². The maximum atomic E-state index is 12.0. The largest absolute Gasteiger partial charge is 0.330 e. The lowest BCUT2D eigenvalue weighted by Crippen LogP contribution is -2.23. The Hall–Kier alpha value is -1.36. The van der Waals surface area contributed by atoms with Crippen molar-refractivity contribution in [3.63, 3.8) is 0 Å². The molecule has 0 saturated carbocycles. The fourth-order valence-electron chi connectivity index (χ4n) is 2.29. The van der Waals surface area contributed by atoms with Crippen LogP contribution in [0.2, 0.25) is 0 Å². The number of carbonyl (C=O) groups excluding carboxylic acids is 1. The highest BCUT2D eigenvalue weighted by Gasteiger charge is 2.16. The van der Waals surface area contributed by atoms with Crippen LogP contribution in [-0.2, 0) is 18.3 Å². The van der Waals surface area contributed by atoms with Gasteiger partial charge in [0, 0.05) is 19.7 Å². The fraction of sp³-hybridized carbons (Fsp3) is 0.714. The number of amides is 1. The van der Waals surface area contributed by atoms with Gasteiger partial charge < -0.3 is 11.1 Å². The van der Waals surface area contributed by atoms with Gasteiger partial charge in [-0.25, -0.2) is 0 Å². The van der Waals surface area contributed by atoms with E-state index in [9.17, 15) is 4.79 Å². The molecule has 0 fully saturated rings. The van der Waals surface area contributed by atoms with Gasteiger partial charge in [-0.3, -0.25) is 9.48 Å². The summed E-state index contributed by atoms with van der Waals surface area (Å²) in [6, 6.07) is 0. The molecule has 0 saturated heterocycles. The molecule has 3 N–H and O–H groups in total. The molecule has 1 aromatic heterocycles. The molecule has 0 unspecified atom stereocenters. The molecule has 5 heteroatoms. The third-order valence-electron chi connectivity index (χ3n) is 3.13. The van der Waals surface area contributed by atoms with Crippen molar-refractivity contribution in [3.05, 3.63) is 11.9 Å². The predicted octanol–water partition coefficient (Wildman–Crippen LogP) is 1.93. The van der Waals surface area contributed by atoms with Crippen molar-refractivity contribution < 1.29 is 4.79 Å². The highest BCUT2D eigenvalue weighted by molar-refractivity contribution is 5.91. The van der Waals surface area contributed by atoms with E-state index < -0.39 is 0 Å². The Morgan fingerprint density at radius 3 is 2.74 bits per heavy atom. The quantitative estimate of drug-likeness (QED) is 0.792. The van der Waals surface area contributed by atoms with Gasteiger partial charge in [0.25, 0.3) is 0 Å². The van der Waals surface area contributed by atoms with E-state index in [4.69, 9.17) is 5.73 Å². The first-order chi connectivity index (χ1) is 8.96. The van der Waals surface area contributed by atoms with Crippen LogP contribution in [0.3, 0.4) is 0 Å². The Morgan fingerprint density at radius 2 is 2.21 bits per heavy atom. The number of carbonyl (C=O) groups is 1. The van der Waals surface area contributed by atoms with Crippen molar-refractivity contribution in [1.29, 1.82) is 0 Å². The summed E-state index contributed by atoms with van der Waals surface area (Å²) in [6.07, 6.45) is 4.11. The minimum atomic E-state index is 0.0267. The summed E-state index contributed by atoms with van der Waals surface area (Å²) in [6.45, 7) is 6.88. The van der Waals surface area contributed by atoms with E-state index in [1.807, 2.05) is 20.2 Å². The third kappa shape index (κ3) is 5.03. The highest BCUT2D eigenvalue weighted by Crippen LogP contribution is 2.17. The maximum absolute atomic E-state index is 12.0. The van der Waals surface area contributed by atoms with Crippen LogP contribution < -0.4 is 11.1 Å². The van der Waals surface area contributed by atoms with Gasteiger partial charge in [-0.2, -0.15) is 5.10 Å². The van der Waals surface area contributed by atoms with Gasteiger partial charge in [-0.15, -0.1) is 0 Å². The molecule has 0 bridgehead atoms. The second kappa shape index (κ2) is 7.28. The molecule has 1 aromatic rings. The number of rotatable bonds is 7. The van der Waals surface area contributed by atoms with Crippen LogP contribution in [0.5, 0.6) is 0 Å². The predicted molar refractivity (Wildman–Crippen MR) is 77.8 cm³/mol. The Balaban J connectivity index is 2.58. The molecule has 5 nitrogen and oxygen atoms in total. The number of nitrogens with zero attached hydrogens (tertiary/aromatic N) is 2. The molecular formula is C14H26N4O. The summed E-state index contributed by atoms with van der Waals surface area (Å²) in [5.41, 5.74) is 7.46. The zero-order chi connectivity index (χ0) is 14.4.